The van der Waals surface area contributed by atoms with E-state index in [9.17, 15) is 4.79 Å². The molecule has 0 unspecified atom stereocenters. The van der Waals surface area contributed by atoms with Gasteiger partial charge in [0.2, 0.25) is 0 Å². The normalized spacial score (nSPS) is 22.0. The van der Waals surface area contributed by atoms with Gasteiger partial charge in [0.25, 0.3) is 5.91 Å². The van der Waals surface area contributed by atoms with Crippen molar-refractivity contribution < 1.29 is 9.69 Å². The Bertz CT molecular complexity index is 444. The van der Waals surface area contributed by atoms with E-state index < -0.39 is 0 Å². The number of nitrogens with zero attached hydrogens (tertiary/aromatic N) is 1. The van der Waals surface area contributed by atoms with Crippen molar-refractivity contribution in [2.75, 3.05) is 26.2 Å². The fourth-order valence-electron chi connectivity index (χ4n) is 3.86. The molecule has 0 bridgehead atoms. The molecule has 2 aliphatic rings. The Morgan fingerprint density at radius 1 is 0.952 bits per heavy atom. The summed E-state index contributed by atoms with van der Waals surface area (Å²) in [5, 5.41) is 0. The van der Waals surface area contributed by atoms with Crippen LogP contribution in [0.3, 0.4) is 0 Å². The van der Waals surface area contributed by atoms with Gasteiger partial charge in [0.05, 0.1) is 32.2 Å². The lowest BCUT2D eigenvalue weighted by Gasteiger charge is -2.36. The van der Waals surface area contributed by atoms with E-state index >= 15 is 0 Å². The van der Waals surface area contributed by atoms with Gasteiger partial charge in [-0.3, -0.25) is 4.79 Å². The van der Waals surface area contributed by atoms with Gasteiger partial charge in [-0.1, -0.05) is 31.0 Å². The van der Waals surface area contributed by atoms with Gasteiger partial charge in [-0.15, -0.1) is 0 Å². The second kappa shape index (κ2) is 7.08. The minimum Gasteiger partial charge on any atom is -0.330 e. The molecule has 1 aliphatic carbocycles. The summed E-state index contributed by atoms with van der Waals surface area (Å²) in [6.45, 7) is 4.09. The molecule has 0 aromatic heterocycles. The number of benzene rings is 1. The average molecular weight is 287 g/mol. The van der Waals surface area contributed by atoms with E-state index in [-0.39, 0.29) is 5.91 Å². The number of rotatable bonds is 2. The van der Waals surface area contributed by atoms with Crippen LogP contribution < -0.4 is 4.90 Å². The van der Waals surface area contributed by atoms with Crippen molar-refractivity contribution in [2.45, 2.75) is 44.6 Å². The van der Waals surface area contributed by atoms with E-state index in [4.69, 9.17) is 0 Å². The highest BCUT2D eigenvalue weighted by Crippen LogP contribution is 2.16. The van der Waals surface area contributed by atoms with Crippen LogP contribution in [0, 0.1) is 0 Å². The molecule has 1 saturated carbocycles. The van der Waals surface area contributed by atoms with Crippen molar-refractivity contribution in [1.82, 2.24) is 4.90 Å². The molecule has 3 nitrogen and oxygen atoms in total. The highest BCUT2D eigenvalue weighted by Gasteiger charge is 2.29. The maximum atomic E-state index is 12.5. The van der Waals surface area contributed by atoms with Gasteiger partial charge in [0.15, 0.2) is 0 Å². The zero-order valence-electron chi connectivity index (χ0n) is 12.9. The number of quaternary nitrogens is 1. The zero-order chi connectivity index (χ0) is 14.5. The molecule has 1 saturated heterocycles. The van der Waals surface area contributed by atoms with Gasteiger partial charge < -0.3 is 9.80 Å². The maximum Gasteiger partial charge on any atom is 0.254 e. The van der Waals surface area contributed by atoms with Crippen LogP contribution in [0.15, 0.2) is 30.3 Å². The largest absolute Gasteiger partial charge is 0.330 e. The van der Waals surface area contributed by atoms with Crippen molar-refractivity contribution in [3.63, 3.8) is 0 Å². The predicted octanol–water partition coefficient (Wildman–Crippen LogP) is 1.75. The summed E-state index contributed by atoms with van der Waals surface area (Å²) in [5.41, 5.74) is 0.829. The lowest BCUT2D eigenvalue weighted by Crippen LogP contribution is -3.18. The van der Waals surface area contributed by atoms with E-state index in [1.165, 1.54) is 38.5 Å². The summed E-state index contributed by atoms with van der Waals surface area (Å²) in [7, 11) is 0. The van der Waals surface area contributed by atoms with Gasteiger partial charge in [0.1, 0.15) is 0 Å². The molecule has 114 valence electrons. The van der Waals surface area contributed by atoms with E-state index in [2.05, 4.69) is 0 Å². The maximum absolute atomic E-state index is 12.5. The second-order valence-corrected chi connectivity index (χ2v) is 6.50. The van der Waals surface area contributed by atoms with Crippen LogP contribution in [0.2, 0.25) is 0 Å². The Morgan fingerprint density at radius 3 is 2.19 bits per heavy atom. The lowest BCUT2D eigenvalue weighted by molar-refractivity contribution is -0.929. The standard InChI is InChI=1S/C18H26N2O/c21-18(16-8-4-3-5-9-16)20-14-12-19(13-15-20)17-10-6-1-2-7-11-17/h3-5,8-9,17H,1-2,6-7,10-15H2/p+1. The molecule has 2 fully saturated rings. The molecule has 1 aromatic carbocycles. The third-order valence-electron chi connectivity index (χ3n) is 5.15. The highest BCUT2D eigenvalue weighted by atomic mass is 16.2. The van der Waals surface area contributed by atoms with E-state index in [1.807, 2.05) is 35.2 Å². The van der Waals surface area contributed by atoms with Crippen molar-refractivity contribution >= 4 is 5.91 Å². The molecule has 1 N–H and O–H groups in total. The first-order chi connectivity index (χ1) is 10.3. The molecular formula is C18H27N2O+. The van der Waals surface area contributed by atoms with Crippen LogP contribution >= 0.6 is 0 Å². The average Bonchev–Trinajstić information content (AvgIpc) is 2.84. The Labute approximate surface area is 127 Å². The molecule has 1 aliphatic heterocycles. The Kier molecular flexibility index (Phi) is 4.91. The van der Waals surface area contributed by atoms with Crippen LogP contribution in [0.5, 0.6) is 0 Å². The number of carbonyl (C=O) groups is 1. The van der Waals surface area contributed by atoms with Crippen molar-refractivity contribution in [2.24, 2.45) is 0 Å². The van der Waals surface area contributed by atoms with Crippen LogP contribution in [-0.4, -0.2) is 43.0 Å². The minimum atomic E-state index is 0.204. The quantitative estimate of drug-likeness (QED) is 0.824. The number of carbonyl (C=O) groups excluding carboxylic acids is 1. The molecule has 1 aromatic rings. The lowest BCUT2D eigenvalue weighted by atomic mass is 10.1. The highest BCUT2D eigenvalue weighted by molar-refractivity contribution is 5.94. The summed E-state index contributed by atoms with van der Waals surface area (Å²) >= 11 is 0. The first-order valence-electron chi connectivity index (χ1n) is 8.53. The van der Waals surface area contributed by atoms with Crippen LogP contribution in [0.4, 0.5) is 0 Å². The Balaban J connectivity index is 1.54. The third kappa shape index (κ3) is 3.65. The molecule has 0 radical (unpaired) electrons. The van der Waals surface area contributed by atoms with Crippen molar-refractivity contribution in [3.05, 3.63) is 35.9 Å². The number of amides is 1. The Morgan fingerprint density at radius 2 is 1.57 bits per heavy atom. The fraction of sp³-hybridized carbons (Fsp3) is 0.611. The molecule has 1 heterocycles. The van der Waals surface area contributed by atoms with E-state index in [1.54, 1.807) is 4.90 Å². The molecule has 0 atom stereocenters. The van der Waals surface area contributed by atoms with Gasteiger partial charge >= 0.3 is 0 Å². The van der Waals surface area contributed by atoms with Crippen molar-refractivity contribution in [1.29, 1.82) is 0 Å². The van der Waals surface area contributed by atoms with Crippen LogP contribution in [-0.2, 0) is 0 Å². The number of hydrogen-bond donors (Lipinski definition) is 1. The van der Waals surface area contributed by atoms with Crippen molar-refractivity contribution in [3.8, 4) is 0 Å². The molecule has 21 heavy (non-hydrogen) atoms. The first-order valence-corrected chi connectivity index (χ1v) is 8.53. The van der Waals surface area contributed by atoms with Crippen LogP contribution in [0.25, 0.3) is 0 Å². The molecular weight excluding hydrogens is 260 g/mol. The molecule has 0 spiro atoms. The molecule has 3 heteroatoms. The predicted molar refractivity (Wildman–Crippen MR) is 84.5 cm³/mol. The SMILES string of the molecule is O=C(c1ccccc1)N1CC[NH+](C2CCCCCC2)CC1. The fourth-order valence-corrected chi connectivity index (χ4v) is 3.86. The van der Waals surface area contributed by atoms with Gasteiger partial charge in [0, 0.05) is 5.56 Å². The zero-order valence-corrected chi connectivity index (χ0v) is 12.9. The minimum absolute atomic E-state index is 0.204. The van der Waals surface area contributed by atoms with E-state index in [0.29, 0.717) is 0 Å². The summed E-state index contributed by atoms with van der Waals surface area (Å²) < 4.78 is 0. The second-order valence-electron chi connectivity index (χ2n) is 6.50. The molecule has 1 amide bonds. The Hall–Kier alpha value is -1.35. The first kappa shape index (κ1) is 14.6. The van der Waals surface area contributed by atoms with Gasteiger partial charge in [-0.05, 0) is 37.8 Å². The third-order valence-corrected chi connectivity index (χ3v) is 5.15. The summed E-state index contributed by atoms with van der Waals surface area (Å²) in [6.07, 6.45) is 8.43. The van der Waals surface area contributed by atoms with E-state index in [0.717, 1.165) is 37.8 Å². The van der Waals surface area contributed by atoms with Gasteiger partial charge in [-0.25, -0.2) is 0 Å². The monoisotopic (exact) mass is 287 g/mol. The number of nitrogens with one attached hydrogen (secondary N) is 1. The molecule has 3 rings (SSSR count). The summed E-state index contributed by atoms with van der Waals surface area (Å²) in [6, 6.07) is 10.5. The topological polar surface area (TPSA) is 24.8 Å². The smallest absolute Gasteiger partial charge is 0.254 e. The summed E-state index contributed by atoms with van der Waals surface area (Å²) in [4.78, 5) is 16.2. The summed E-state index contributed by atoms with van der Waals surface area (Å²) in [5.74, 6) is 0.204. The number of piperazine rings is 1. The van der Waals surface area contributed by atoms with Gasteiger partial charge in [-0.2, -0.15) is 0 Å². The van der Waals surface area contributed by atoms with Crippen LogP contribution in [0.1, 0.15) is 48.9 Å². The number of hydrogen-bond acceptors (Lipinski definition) is 1.